The monoisotopic (exact) mass is 268 g/mol. The van der Waals surface area contributed by atoms with E-state index in [4.69, 9.17) is 5.73 Å². The third kappa shape index (κ3) is 2.34. The predicted molar refractivity (Wildman–Crippen MR) is 85.8 cm³/mol. The highest BCUT2D eigenvalue weighted by Gasteiger charge is 2.36. The third-order valence-corrected chi connectivity index (χ3v) is 4.72. The summed E-state index contributed by atoms with van der Waals surface area (Å²) in [6.45, 7) is 6.51. The quantitative estimate of drug-likeness (QED) is 0.919. The highest BCUT2D eigenvalue weighted by atomic mass is 15.2. The van der Waals surface area contributed by atoms with Gasteiger partial charge in [-0.05, 0) is 55.6 Å². The molecule has 0 amide bonds. The molecular formula is C18H24N2. The van der Waals surface area contributed by atoms with E-state index in [-0.39, 0.29) is 5.54 Å². The highest BCUT2D eigenvalue weighted by Crippen LogP contribution is 2.36. The van der Waals surface area contributed by atoms with Crippen molar-refractivity contribution in [2.45, 2.75) is 38.3 Å². The number of nitrogens with two attached hydrogens (primary N) is 1. The molecule has 0 radical (unpaired) electrons. The molecule has 0 spiro atoms. The van der Waals surface area contributed by atoms with E-state index in [2.05, 4.69) is 61.2 Å². The second-order valence-corrected chi connectivity index (χ2v) is 6.47. The lowest BCUT2D eigenvalue weighted by atomic mass is 9.96. The molecule has 1 fully saturated rings. The third-order valence-electron chi connectivity index (χ3n) is 4.72. The first kappa shape index (κ1) is 13.6. The average Bonchev–Trinajstić information content (AvgIpc) is 2.79. The van der Waals surface area contributed by atoms with Gasteiger partial charge in [0.1, 0.15) is 0 Å². The van der Waals surface area contributed by atoms with Crippen LogP contribution in [0.25, 0.3) is 10.8 Å². The molecule has 2 heteroatoms. The second-order valence-electron chi connectivity index (χ2n) is 6.47. The molecule has 3 rings (SSSR count). The summed E-state index contributed by atoms with van der Waals surface area (Å²) in [6.07, 6.45) is 2.54. The summed E-state index contributed by atoms with van der Waals surface area (Å²) in [5, 5.41) is 2.60. The molecule has 0 saturated carbocycles. The molecule has 1 atom stereocenters. The molecule has 0 bridgehead atoms. The van der Waals surface area contributed by atoms with Gasteiger partial charge < -0.3 is 5.73 Å². The van der Waals surface area contributed by atoms with Crippen molar-refractivity contribution >= 4 is 10.8 Å². The molecule has 2 aromatic rings. The molecule has 2 N–H and O–H groups in total. The van der Waals surface area contributed by atoms with Gasteiger partial charge in [0.25, 0.3) is 0 Å². The fourth-order valence-electron chi connectivity index (χ4n) is 3.56. The van der Waals surface area contributed by atoms with Gasteiger partial charge in [0, 0.05) is 18.1 Å². The van der Waals surface area contributed by atoms with Crippen LogP contribution < -0.4 is 5.73 Å². The van der Waals surface area contributed by atoms with Crippen molar-refractivity contribution in [3.63, 3.8) is 0 Å². The largest absolute Gasteiger partial charge is 0.329 e. The van der Waals surface area contributed by atoms with Crippen LogP contribution in [0.15, 0.2) is 42.5 Å². The van der Waals surface area contributed by atoms with Crippen LogP contribution in [0.5, 0.6) is 0 Å². The van der Waals surface area contributed by atoms with Gasteiger partial charge in [0.15, 0.2) is 0 Å². The number of hydrogen-bond acceptors (Lipinski definition) is 2. The maximum atomic E-state index is 6.11. The Bertz CT molecular complexity index is 603. The van der Waals surface area contributed by atoms with Crippen LogP contribution >= 0.6 is 0 Å². The first-order chi connectivity index (χ1) is 9.62. The topological polar surface area (TPSA) is 29.3 Å². The highest BCUT2D eigenvalue weighted by molar-refractivity contribution is 5.83. The van der Waals surface area contributed by atoms with Gasteiger partial charge >= 0.3 is 0 Å². The van der Waals surface area contributed by atoms with E-state index < -0.39 is 0 Å². The Morgan fingerprint density at radius 2 is 1.90 bits per heavy atom. The number of rotatable bonds is 3. The van der Waals surface area contributed by atoms with E-state index in [0.29, 0.717) is 12.6 Å². The fourth-order valence-corrected chi connectivity index (χ4v) is 3.56. The molecule has 1 aliphatic rings. The fraction of sp³-hybridized carbons (Fsp3) is 0.444. The zero-order valence-corrected chi connectivity index (χ0v) is 12.5. The number of nitrogens with zero attached hydrogens (tertiary/aromatic N) is 1. The van der Waals surface area contributed by atoms with Crippen molar-refractivity contribution in [3.05, 3.63) is 48.0 Å². The zero-order valence-electron chi connectivity index (χ0n) is 12.5. The number of fused-ring (bicyclic) bond motifs is 1. The molecule has 20 heavy (non-hydrogen) atoms. The summed E-state index contributed by atoms with van der Waals surface area (Å²) >= 11 is 0. The Morgan fingerprint density at radius 3 is 2.55 bits per heavy atom. The number of likely N-dealkylation sites (tertiary alicyclic amines) is 1. The van der Waals surface area contributed by atoms with Gasteiger partial charge in [-0.3, -0.25) is 4.90 Å². The van der Waals surface area contributed by atoms with Crippen molar-refractivity contribution in [2.75, 3.05) is 13.1 Å². The Kier molecular flexibility index (Phi) is 3.53. The molecule has 1 saturated heterocycles. The van der Waals surface area contributed by atoms with Gasteiger partial charge in [0.05, 0.1) is 0 Å². The summed E-state index contributed by atoms with van der Waals surface area (Å²) in [6, 6.07) is 15.6. The molecule has 0 aromatic heterocycles. The van der Waals surface area contributed by atoms with Crippen molar-refractivity contribution in [2.24, 2.45) is 5.73 Å². The van der Waals surface area contributed by atoms with E-state index in [9.17, 15) is 0 Å². The van der Waals surface area contributed by atoms with Crippen LogP contribution in [0.4, 0.5) is 0 Å². The van der Waals surface area contributed by atoms with Gasteiger partial charge in [-0.2, -0.15) is 0 Å². The lowest BCUT2D eigenvalue weighted by Gasteiger charge is -2.38. The first-order valence-electron chi connectivity index (χ1n) is 7.57. The van der Waals surface area contributed by atoms with Crippen LogP contribution in [0.2, 0.25) is 0 Å². The van der Waals surface area contributed by atoms with E-state index in [1.165, 1.54) is 29.2 Å². The molecule has 1 heterocycles. The van der Waals surface area contributed by atoms with E-state index >= 15 is 0 Å². The van der Waals surface area contributed by atoms with Crippen LogP contribution in [0.1, 0.15) is 38.3 Å². The number of hydrogen-bond donors (Lipinski definition) is 1. The smallest absolute Gasteiger partial charge is 0.0475 e. The average molecular weight is 268 g/mol. The summed E-state index contributed by atoms with van der Waals surface area (Å²) in [5.74, 6) is 0. The van der Waals surface area contributed by atoms with Gasteiger partial charge in [-0.1, -0.05) is 36.4 Å². The van der Waals surface area contributed by atoms with Crippen LogP contribution in [-0.2, 0) is 0 Å². The summed E-state index contributed by atoms with van der Waals surface area (Å²) < 4.78 is 0. The molecular weight excluding hydrogens is 244 g/mol. The molecule has 106 valence electrons. The second kappa shape index (κ2) is 5.19. The maximum Gasteiger partial charge on any atom is 0.0475 e. The Hall–Kier alpha value is -1.38. The molecule has 0 aliphatic carbocycles. The van der Waals surface area contributed by atoms with Crippen LogP contribution in [0.3, 0.4) is 0 Å². The standard InChI is InChI=1S/C18H24N2/c1-18(2)10-5-11-20(18)17(13-19)16-9-8-14-6-3-4-7-15(14)12-16/h3-4,6-9,12,17H,5,10-11,13,19H2,1-2H3. The van der Waals surface area contributed by atoms with E-state index in [1.807, 2.05) is 0 Å². The summed E-state index contributed by atoms with van der Waals surface area (Å²) in [7, 11) is 0. The minimum absolute atomic E-state index is 0.260. The lowest BCUT2D eigenvalue weighted by molar-refractivity contribution is 0.119. The van der Waals surface area contributed by atoms with E-state index in [0.717, 1.165) is 6.54 Å². The normalized spacial score (nSPS) is 20.4. The van der Waals surface area contributed by atoms with Gasteiger partial charge in [0.2, 0.25) is 0 Å². The predicted octanol–water partition coefficient (Wildman–Crippen LogP) is 3.71. The SMILES string of the molecule is CC1(C)CCCN1C(CN)c1ccc2ccccc2c1. The van der Waals surface area contributed by atoms with Gasteiger partial charge in [-0.15, -0.1) is 0 Å². The zero-order chi connectivity index (χ0) is 14.2. The number of benzene rings is 2. The Balaban J connectivity index is 1.99. The lowest BCUT2D eigenvalue weighted by Crippen LogP contribution is -2.43. The Morgan fingerprint density at radius 1 is 1.15 bits per heavy atom. The molecule has 2 nitrogen and oxygen atoms in total. The minimum atomic E-state index is 0.260. The Labute approximate surface area is 121 Å². The maximum absolute atomic E-state index is 6.11. The molecule has 1 aliphatic heterocycles. The van der Waals surface area contributed by atoms with Crippen molar-refractivity contribution < 1.29 is 0 Å². The van der Waals surface area contributed by atoms with Crippen molar-refractivity contribution in [1.82, 2.24) is 4.90 Å². The van der Waals surface area contributed by atoms with E-state index in [1.54, 1.807) is 0 Å². The summed E-state index contributed by atoms with van der Waals surface area (Å²) in [4.78, 5) is 2.58. The van der Waals surface area contributed by atoms with Gasteiger partial charge in [-0.25, -0.2) is 0 Å². The van der Waals surface area contributed by atoms with Crippen LogP contribution in [-0.4, -0.2) is 23.5 Å². The van der Waals surface area contributed by atoms with Crippen molar-refractivity contribution in [3.8, 4) is 0 Å². The van der Waals surface area contributed by atoms with Crippen LogP contribution in [0, 0.1) is 0 Å². The first-order valence-corrected chi connectivity index (χ1v) is 7.57. The molecule has 2 aromatic carbocycles. The minimum Gasteiger partial charge on any atom is -0.329 e. The summed E-state index contributed by atoms with van der Waals surface area (Å²) in [5.41, 5.74) is 7.72. The van der Waals surface area contributed by atoms with Crippen molar-refractivity contribution in [1.29, 1.82) is 0 Å². The molecule has 1 unspecified atom stereocenters.